The lowest BCUT2D eigenvalue weighted by Gasteiger charge is -2.23. The Morgan fingerprint density at radius 3 is 2.89 bits per heavy atom. The van der Waals surface area contributed by atoms with Crippen LogP contribution < -0.4 is 5.32 Å². The molecule has 18 heavy (non-hydrogen) atoms. The van der Waals surface area contributed by atoms with Crippen LogP contribution in [0.2, 0.25) is 0 Å². The van der Waals surface area contributed by atoms with Crippen LogP contribution in [0.1, 0.15) is 23.4 Å². The Balaban J connectivity index is 0.00000144. The Hall–Kier alpha value is 0.130. The number of hydrogen-bond donors (Lipinski definition) is 1. The zero-order chi connectivity index (χ0) is 11.4. The van der Waals surface area contributed by atoms with E-state index in [1.54, 1.807) is 11.3 Å². The van der Waals surface area contributed by atoms with Gasteiger partial charge in [0.2, 0.25) is 0 Å². The molecule has 0 saturated carbocycles. The van der Waals surface area contributed by atoms with Crippen LogP contribution in [0, 0.1) is 6.92 Å². The summed E-state index contributed by atoms with van der Waals surface area (Å²) in [7, 11) is 2.05. The molecule has 0 spiro atoms. The quantitative estimate of drug-likeness (QED) is 0.905. The highest BCUT2D eigenvalue weighted by Crippen LogP contribution is 2.19. The van der Waals surface area contributed by atoms with Crippen molar-refractivity contribution >= 4 is 36.2 Å². The van der Waals surface area contributed by atoms with Crippen LogP contribution in [0.3, 0.4) is 0 Å². The summed E-state index contributed by atoms with van der Waals surface area (Å²) < 4.78 is 0. The maximum Gasteiger partial charge on any atom is 0.0797 e. The van der Waals surface area contributed by atoms with Gasteiger partial charge in [0, 0.05) is 24.0 Å². The predicted octanol–water partition coefficient (Wildman–Crippen LogP) is 2.52. The van der Waals surface area contributed by atoms with Crippen LogP contribution in [0.5, 0.6) is 0 Å². The van der Waals surface area contributed by atoms with Crippen molar-refractivity contribution < 1.29 is 0 Å². The Kier molecular flexibility index (Phi) is 9.17. The van der Waals surface area contributed by atoms with E-state index in [2.05, 4.69) is 22.1 Å². The van der Waals surface area contributed by atoms with E-state index in [0.717, 1.165) is 19.0 Å². The monoisotopic (exact) mass is 311 g/mol. The van der Waals surface area contributed by atoms with Gasteiger partial charge in [0.05, 0.1) is 11.2 Å². The van der Waals surface area contributed by atoms with Gasteiger partial charge in [0.15, 0.2) is 0 Å². The van der Waals surface area contributed by atoms with E-state index < -0.39 is 0 Å². The van der Waals surface area contributed by atoms with Gasteiger partial charge in [-0.05, 0) is 39.8 Å². The molecule has 6 heteroatoms. The van der Waals surface area contributed by atoms with Crippen molar-refractivity contribution in [3.63, 3.8) is 0 Å². The molecular formula is C12H23Cl2N3S. The summed E-state index contributed by atoms with van der Waals surface area (Å²) in [5.74, 6) is 0. The van der Waals surface area contributed by atoms with Crippen molar-refractivity contribution in [3.05, 3.63) is 16.1 Å². The average Bonchev–Trinajstić information content (AvgIpc) is 2.86. The van der Waals surface area contributed by atoms with Crippen LogP contribution in [0.4, 0.5) is 0 Å². The Labute approximate surface area is 126 Å². The van der Waals surface area contributed by atoms with Crippen molar-refractivity contribution in [2.24, 2.45) is 0 Å². The Bertz CT molecular complexity index is 333. The molecule has 106 valence electrons. The average molecular weight is 312 g/mol. The largest absolute Gasteiger partial charge is 0.318 e. The fraction of sp³-hybridized carbons (Fsp3) is 0.750. The lowest BCUT2D eigenvalue weighted by Crippen LogP contribution is -2.37. The molecule has 0 radical (unpaired) electrons. The number of likely N-dealkylation sites (tertiary alicyclic amines) is 1. The van der Waals surface area contributed by atoms with Crippen LogP contribution in [0.25, 0.3) is 0 Å². The summed E-state index contributed by atoms with van der Waals surface area (Å²) in [5.41, 5.74) is 3.18. The molecule has 0 aliphatic carbocycles. The highest BCUT2D eigenvalue weighted by molar-refractivity contribution is 7.09. The first kappa shape index (κ1) is 18.1. The molecule has 1 aromatic heterocycles. The van der Waals surface area contributed by atoms with Crippen molar-refractivity contribution in [3.8, 4) is 0 Å². The zero-order valence-electron chi connectivity index (χ0n) is 11.0. The number of aromatic nitrogens is 1. The maximum absolute atomic E-state index is 4.30. The highest BCUT2D eigenvalue weighted by Gasteiger charge is 2.23. The predicted molar refractivity (Wildman–Crippen MR) is 83.6 cm³/mol. The summed E-state index contributed by atoms with van der Waals surface area (Å²) in [4.78, 5) is 8.38. The smallest absolute Gasteiger partial charge is 0.0797 e. The van der Waals surface area contributed by atoms with Crippen molar-refractivity contribution in [2.45, 2.75) is 32.2 Å². The van der Waals surface area contributed by atoms with Gasteiger partial charge in [-0.2, -0.15) is 0 Å². The molecule has 1 aliphatic rings. The minimum absolute atomic E-state index is 0. The third-order valence-electron chi connectivity index (χ3n) is 3.41. The van der Waals surface area contributed by atoms with Gasteiger partial charge >= 0.3 is 0 Å². The standard InChI is InChI=1S/C12H21N3S.2ClH/c1-10-12(16-9-14-10)5-7-15-6-3-4-11(15)8-13-2;;/h9,11,13H,3-8H2,1-2H3;2*1H. The van der Waals surface area contributed by atoms with Crippen LogP contribution in [0.15, 0.2) is 5.51 Å². The lowest BCUT2D eigenvalue weighted by atomic mass is 10.2. The van der Waals surface area contributed by atoms with Crippen molar-refractivity contribution in [1.29, 1.82) is 0 Å². The number of nitrogens with zero attached hydrogens (tertiary/aromatic N) is 2. The number of thiazole rings is 1. The number of halogens is 2. The van der Waals surface area contributed by atoms with Crippen LogP contribution in [-0.4, -0.2) is 42.6 Å². The molecule has 1 unspecified atom stereocenters. The molecule has 1 aliphatic heterocycles. The third-order valence-corrected chi connectivity index (χ3v) is 4.40. The lowest BCUT2D eigenvalue weighted by molar-refractivity contribution is 0.254. The van der Waals surface area contributed by atoms with Crippen LogP contribution in [-0.2, 0) is 6.42 Å². The number of hydrogen-bond acceptors (Lipinski definition) is 4. The van der Waals surface area contributed by atoms with Gasteiger partial charge in [-0.1, -0.05) is 0 Å². The highest BCUT2D eigenvalue weighted by atomic mass is 35.5. The molecular weight excluding hydrogens is 289 g/mol. The van der Waals surface area contributed by atoms with Crippen LogP contribution >= 0.6 is 36.2 Å². The minimum atomic E-state index is 0. The van der Waals surface area contributed by atoms with E-state index in [-0.39, 0.29) is 24.8 Å². The topological polar surface area (TPSA) is 28.2 Å². The summed E-state index contributed by atoms with van der Waals surface area (Å²) in [5, 5.41) is 3.29. The van der Waals surface area contributed by atoms with Crippen molar-refractivity contribution in [1.82, 2.24) is 15.2 Å². The maximum atomic E-state index is 4.30. The summed E-state index contributed by atoms with van der Waals surface area (Å²) in [6, 6.07) is 0.748. The molecule has 1 saturated heterocycles. The first-order valence-electron chi connectivity index (χ1n) is 6.09. The van der Waals surface area contributed by atoms with E-state index in [9.17, 15) is 0 Å². The normalized spacial score (nSPS) is 19.3. The number of likely N-dealkylation sites (N-methyl/N-ethyl adjacent to an activating group) is 1. The SMILES string of the molecule is CNCC1CCCN1CCc1scnc1C.Cl.Cl. The summed E-state index contributed by atoms with van der Waals surface area (Å²) in [6.45, 7) is 5.70. The summed E-state index contributed by atoms with van der Waals surface area (Å²) in [6.07, 6.45) is 3.87. The van der Waals surface area contributed by atoms with Gasteiger partial charge in [-0.3, -0.25) is 4.90 Å². The fourth-order valence-corrected chi connectivity index (χ4v) is 3.24. The molecule has 2 heterocycles. The second-order valence-corrected chi connectivity index (χ2v) is 5.44. The summed E-state index contributed by atoms with van der Waals surface area (Å²) >= 11 is 1.79. The molecule has 0 aromatic carbocycles. The molecule has 1 aromatic rings. The van der Waals surface area contributed by atoms with Gasteiger partial charge in [-0.25, -0.2) is 4.98 Å². The first-order valence-corrected chi connectivity index (χ1v) is 6.97. The number of nitrogens with one attached hydrogen (secondary N) is 1. The third kappa shape index (κ3) is 4.67. The van der Waals surface area contributed by atoms with E-state index >= 15 is 0 Å². The van der Waals surface area contributed by atoms with Crippen molar-refractivity contribution in [2.75, 3.05) is 26.7 Å². The van der Waals surface area contributed by atoms with Gasteiger partial charge in [-0.15, -0.1) is 36.2 Å². The first-order chi connectivity index (χ1) is 7.81. The van der Waals surface area contributed by atoms with E-state index in [4.69, 9.17) is 0 Å². The van der Waals surface area contributed by atoms with E-state index in [1.807, 2.05) is 12.6 Å². The second kappa shape index (κ2) is 9.10. The molecule has 1 N–H and O–H groups in total. The number of aryl methyl sites for hydroxylation is 1. The number of rotatable bonds is 5. The second-order valence-electron chi connectivity index (χ2n) is 4.50. The van der Waals surface area contributed by atoms with E-state index in [1.165, 1.54) is 36.5 Å². The molecule has 3 nitrogen and oxygen atoms in total. The Morgan fingerprint density at radius 2 is 2.28 bits per heavy atom. The zero-order valence-corrected chi connectivity index (χ0v) is 13.5. The Morgan fingerprint density at radius 1 is 1.50 bits per heavy atom. The van der Waals surface area contributed by atoms with Gasteiger partial charge in [0.1, 0.15) is 0 Å². The minimum Gasteiger partial charge on any atom is -0.318 e. The molecule has 0 bridgehead atoms. The fourth-order valence-electron chi connectivity index (χ4n) is 2.47. The molecule has 0 amide bonds. The van der Waals surface area contributed by atoms with Gasteiger partial charge in [0.25, 0.3) is 0 Å². The molecule has 1 fully saturated rings. The van der Waals surface area contributed by atoms with E-state index in [0.29, 0.717) is 0 Å². The molecule has 1 atom stereocenters. The van der Waals surface area contributed by atoms with Gasteiger partial charge < -0.3 is 5.32 Å². The molecule has 2 rings (SSSR count).